The molecular weight excluding hydrogens is 538 g/mol. The van der Waals surface area contributed by atoms with Gasteiger partial charge in [-0.25, -0.2) is 0 Å². The minimum atomic E-state index is -0.789. The van der Waals surface area contributed by atoms with Gasteiger partial charge in [-0.05, 0) is 63.7 Å². The van der Waals surface area contributed by atoms with E-state index in [0.717, 1.165) is 10.6 Å². The molecule has 1 fully saturated rings. The number of nitrogens with one attached hydrogen (secondary N) is 2. The number of esters is 1. The van der Waals surface area contributed by atoms with E-state index in [-0.39, 0.29) is 18.4 Å². The van der Waals surface area contributed by atoms with Crippen LogP contribution in [0.4, 0.5) is 5.69 Å². The number of carbonyl (C=O) groups is 4. The molecule has 1 aliphatic rings. The summed E-state index contributed by atoms with van der Waals surface area (Å²) in [5.74, 6) is -2.87. The second-order valence-electron chi connectivity index (χ2n) is 9.36. The number of amides is 3. The number of hydrogen-bond donors (Lipinski definition) is 2. The zero-order chi connectivity index (χ0) is 25.9. The molecule has 0 unspecified atom stereocenters. The fourth-order valence-corrected chi connectivity index (χ4v) is 4.10. The van der Waals surface area contributed by atoms with Crippen molar-refractivity contribution < 1.29 is 23.9 Å². The van der Waals surface area contributed by atoms with Crippen LogP contribution in [0, 0.1) is 12.8 Å². The van der Waals surface area contributed by atoms with Crippen molar-refractivity contribution in [1.82, 2.24) is 10.4 Å². The van der Waals surface area contributed by atoms with Crippen molar-refractivity contribution in [3.63, 3.8) is 0 Å². The number of carbonyl (C=O) groups excluding carboxylic acids is 4. The molecule has 1 saturated heterocycles. The SMILES string of the molecule is Cc1c(NC(=O)COC(=O)[C@@H]2CC(=O)N(NC(=O)c3ccc(C(C)(C)C)cc3)C2)ccc(Br)c1Cl. The van der Waals surface area contributed by atoms with Gasteiger partial charge in [-0.15, -0.1) is 0 Å². The van der Waals surface area contributed by atoms with Crippen molar-refractivity contribution in [3.8, 4) is 0 Å². The van der Waals surface area contributed by atoms with Crippen LogP contribution in [0.2, 0.25) is 5.02 Å². The largest absolute Gasteiger partial charge is 0.455 e. The molecule has 1 aliphatic heterocycles. The minimum absolute atomic E-state index is 0.0352. The van der Waals surface area contributed by atoms with Crippen LogP contribution >= 0.6 is 27.5 Å². The van der Waals surface area contributed by atoms with Crippen LogP contribution in [-0.2, 0) is 24.5 Å². The first-order valence-electron chi connectivity index (χ1n) is 11.0. The second kappa shape index (κ2) is 10.8. The Kier molecular flexibility index (Phi) is 8.22. The quantitative estimate of drug-likeness (QED) is 0.507. The molecule has 0 spiro atoms. The molecule has 10 heteroatoms. The maximum Gasteiger partial charge on any atom is 0.311 e. The van der Waals surface area contributed by atoms with Gasteiger partial charge in [0.05, 0.1) is 17.5 Å². The van der Waals surface area contributed by atoms with E-state index in [4.69, 9.17) is 16.3 Å². The van der Waals surface area contributed by atoms with E-state index in [0.29, 0.717) is 26.3 Å². The van der Waals surface area contributed by atoms with Crippen LogP contribution in [0.5, 0.6) is 0 Å². The fraction of sp³-hybridized carbons (Fsp3) is 0.360. The number of nitrogens with zero attached hydrogens (tertiary/aromatic N) is 1. The molecule has 35 heavy (non-hydrogen) atoms. The van der Waals surface area contributed by atoms with Crippen LogP contribution in [0.25, 0.3) is 0 Å². The summed E-state index contributed by atoms with van der Waals surface area (Å²) in [5, 5.41) is 4.22. The Balaban J connectivity index is 1.51. The van der Waals surface area contributed by atoms with E-state index in [9.17, 15) is 19.2 Å². The van der Waals surface area contributed by atoms with Gasteiger partial charge in [0.25, 0.3) is 11.8 Å². The van der Waals surface area contributed by atoms with Gasteiger partial charge in [0, 0.05) is 22.1 Å². The number of ether oxygens (including phenoxy) is 1. The highest BCUT2D eigenvalue weighted by molar-refractivity contribution is 9.10. The smallest absolute Gasteiger partial charge is 0.311 e. The monoisotopic (exact) mass is 563 g/mol. The Morgan fingerprint density at radius 3 is 2.43 bits per heavy atom. The van der Waals surface area contributed by atoms with Gasteiger partial charge < -0.3 is 10.1 Å². The third-order valence-electron chi connectivity index (χ3n) is 5.67. The molecular formula is C25H27BrClN3O5. The van der Waals surface area contributed by atoms with Gasteiger partial charge in [0.2, 0.25) is 5.91 Å². The lowest BCUT2D eigenvalue weighted by atomic mass is 9.87. The Hall–Kier alpha value is -2.91. The van der Waals surface area contributed by atoms with E-state index < -0.39 is 36.2 Å². The molecule has 2 aromatic carbocycles. The number of anilines is 1. The van der Waals surface area contributed by atoms with E-state index in [1.165, 1.54) is 0 Å². The van der Waals surface area contributed by atoms with Crippen LogP contribution < -0.4 is 10.7 Å². The number of hydrazine groups is 1. The highest BCUT2D eigenvalue weighted by Crippen LogP contribution is 2.31. The van der Waals surface area contributed by atoms with E-state index in [2.05, 4.69) is 47.4 Å². The molecule has 0 bridgehead atoms. The van der Waals surface area contributed by atoms with E-state index in [1.807, 2.05) is 12.1 Å². The molecule has 3 rings (SSSR count). The van der Waals surface area contributed by atoms with E-state index >= 15 is 0 Å². The number of rotatable bonds is 6. The molecule has 1 atom stereocenters. The average molecular weight is 565 g/mol. The summed E-state index contributed by atoms with van der Waals surface area (Å²) in [6.07, 6.45) is -0.120. The molecule has 8 nitrogen and oxygen atoms in total. The summed E-state index contributed by atoms with van der Waals surface area (Å²) in [5.41, 5.74) is 5.14. The normalized spacial score (nSPS) is 15.7. The lowest BCUT2D eigenvalue weighted by molar-refractivity contribution is -0.151. The Morgan fingerprint density at radius 2 is 1.80 bits per heavy atom. The first-order valence-corrected chi connectivity index (χ1v) is 12.2. The predicted octanol–water partition coefficient (Wildman–Crippen LogP) is 4.38. The first-order chi connectivity index (χ1) is 16.4. The highest BCUT2D eigenvalue weighted by Gasteiger charge is 2.36. The fourth-order valence-electron chi connectivity index (χ4n) is 3.51. The van der Waals surface area contributed by atoms with Crippen molar-refractivity contribution >= 4 is 56.9 Å². The third-order valence-corrected chi connectivity index (χ3v) is 7.04. The Morgan fingerprint density at radius 1 is 1.14 bits per heavy atom. The Bertz CT molecular complexity index is 1160. The summed E-state index contributed by atoms with van der Waals surface area (Å²) < 4.78 is 5.80. The van der Waals surface area contributed by atoms with Gasteiger partial charge in [-0.3, -0.25) is 29.6 Å². The maximum atomic E-state index is 12.6. The van der Waals surface area contributed by atoms with Gasteiger partial charge >= 0.3 is 5.97 Å². The lowest BCUT2D eigenvalue weighted by Crippen LogP contribution is -2.43. The molecule has 1 heterocycles. The summed E-state index contributed by atoms with van der Waals surface area (Å²) in [6.45, 7) is 7.43. The molecule has 0 saturated carbocycles. The topological polar surface area (TPSA) is 105 Å². The third kappa shape index (κ3) is 6.61. The molecule has 186 valence electrons. The molecule has 0 aromatic heterocycles. The van der Waals surface area contributed by atoms with Crippen LogP contribution in [0.3, 0.4) is 0 Å². The first kappa shape index (κ1) is 26.7. The average Bonchev–Trinajstić information content (AvgIpc) is 3.17. The summed E-state index contributed by atoms with van der Waals surface area (Å²) >= 11 is 9.47. The maximum absolute atomic E-state index is 12.6. The van der Waals surface area contributed by atoms with Crippen LogP contribution in [0.15, 0.2) is 40.9 Å². The Labute approximate surface area is 217 Å². The van der Waals surface area contributed by atoms with Gasteiger partial charge in [0.15, 0.2) is 6.61 Å². The number of benzene rings is 2. The lowest BCUT2D eigenvalue weighted by Gasteiger charge is -2.20. The zero-order valence-electron chi connectivity index (χ0n) is 19.9. The predicted molar refractivity (Wildman–Crippen MR) is 136 cm³/mol. The molecule has 3 amide bonds. The molecule has 0 radical (unpaired) electrons. The van der Waals surface area contributed by atoms with Crippen molar-refractivity contribution in [2.45, 2.75) is 39.5 Å². The zero-order valence-corrected chi connectivity index (χ0v) is 22.2. The molecule has 0 aliphatic carbocycles. The highest BCUT2D eigenvalue weighted by atomic mass is 79.9. The summed E-state index contributed by atoms with van der Waals surface area (Å²) in [4.78, 5) is 49.5. The minimum Gasteiger partial charge on any atom is -0.455 e. The standard InChI is InChI=1S/C25H27BrClN3O5/c1-14-19(10-9-18(26)22(14)27)28-20(31)13-35-24(34)16-11-21(32)30(12-16)29-23(33)15-5-7-17(8-6-15)25(2,3)4/h5-10,16H,11-13H2,1-4H3,(H,28,31)(H,29,33)/t16-/m1/s1. The van der Waals surface area contributed by atoms with Gasteiger partial charge in [0.1, 0.15) is 0 Å². The number of halogens is 2. The molecule has 2 aromatic rings. The van der Waals surface area contributed by atoms with Crippen molar-refractivity contribution in [2.75, 3.05) is 18.5 Å². The molecule has 2 N–H and O–H groups in total. The van der Waals surface area contributed by atoms with Crippen LogP contribution in [-0.4, -0.2) is 41.9 Å². The number of hydrogen-bond acceptors (Lipinski definition) is 5. The summed E-state index contributed by atoms with van der Waals surface area (Å²) in [7, 11) is 0. The van der Waals surface area contributed by atoms with Gasteiger partial charge in [-0.1, -0.05) is 44.5 Å². The van der Waals surface area contributed by atoms with Crippen molar-refractivity contribution in [3.05, 3.63) is 62.6 Å². The summed E-state index contributed by atoms with van der Waals surface area (Å²) in [6, 6.07) is 10.5. The van der Waals surface area contributed by atoms with E-state index in [1.54, 1.807) is 31.2 Å². The van der Waals surface area contributed by atoms with Crippen LogP contribution in [0.1, 0.15) is 48.7 Å². The van der Waals surface area contributed by atoms with Gasteiger partial charge in [-0.2, -0.15) is 0 Å². The van der Waals surface area contributed by atoms with Crippen molar-refractivity contribution in [1.29, 1.82) is 0 Å². The van der Waals surface area contributed by atoms with Crippen molar-refractivity contribution in [2.24, 2.45) is 5.92 Å². The second-order valence-corrected chi connectivity index (χ2v) is 10.6.